The SMILES string of the molecule is COCC1(COC)Oc2c(C#N)cccc2[C@@H](Nc2nn(C)c(=O)c3c2N(C)CCO3)[C@@H]1O. The molecule has 2 atom stereocenters. The monoisotopic (exact) mass is 457 g/mol. The van der Waals surface area contributed by atoms with Crippen molar-refractivity contribution in [3.05, 3.63) is 39.7 Å². The van der Waals surface area contributed by atoms with Gasteiger partial charge in [-0.05, 0) is 6.07 Å². The van der Waals surface area contributed by atoms with Crippen molar-refractivity contribution in [1.29, 1.82) is 5.26 Å². The number of rotatable bonds is 6. The molecule has 0 bridgehead atoms. The minimum Gasteiger partial charge on any atom is -0.484 e. The number of aliphatic hydroxyl groups is 1. The molecule has 11 nitrogen and oxygen atoms in total. The number of ether oxygens (including phenoxy) is 4. The topological polar surface area (TPSA) is 131 Å². The number of hydrogen-bond acceptors (Lipinski definition) is 10. The first-order chi connectivity index (χ1) is 15.9. The molecule has 0 spiro atoms. The number of likely N-dealkylation sites (N-methyl/N-ethyl adjacent to an activating group) is 1. The Morgan fingerprint density at radius 3 is 2.70 bits per heavy atom. The molecule has 1 aromatic heterocycles. The minimum atomic E-state index is -1.29. The smallest absolute Gasteiger partial charge is 0.311 e. The summed E-state index contributed by atoms with van der Waals surface area (Å²) in [6, 6.07) is 6.53. The molecule has 2 aliphatic heterocycles. The molecule has 0 radical (unpaired) electrons. The van der Waals surface area contributed by atoms with Gasteiger partial charge in [0.25, 0.3) is 0 Å². The van der Waals surface area contributed by atoms with Crippen molar-refractivity contribution in [1.82, 2.24) is 9.78 Å². The first kappa shape index (κ1) is 22.8. The molecule has 0 saturated heterocycles. The standard InChI is InChI=1S/C22H27N5O6/c1-26-8-9-32-18-16(26)20(25-27(2)21(18)29)24-15-14-7-5-6-13(10-23)17(14)33-22(11-30-3,12-31-4)19(15)28/h5-7,15,19,28H,8-9,11-12H2,1-4H3,(H,24,25)/t15-,19+/m1/s1. The lowest BCUT2D eigenvalue weighted by Crippen LogP contribution is -2.60. The molecule has 0 fully saturated rings. The highest BCUT2D eigenvalue weighted by atomic mass is 16.6. The second-order valence-corrected chi connectivity index (χ2v) is 8.16. The summed E-state index contributed by atoms with van der Waals surface area (Å²) in [6.07, 6.45) is -1.15. The Morgan fingerprint density at radius 1 is 1.30 bits per heavy atom. The molecule has 2 N–H and O–H groups in total. The summed E-state index contributed by atoms with van der Waals surface area (Å²) >= 11 is 0. The van der Waals surface area contributed by atoms with Crippen molar-refractivity contribution < 1.29 is 24.1 Å². The lowest BCUT2D eigenvalue weighted by Gasteiger charge is -2.46. The van der Waals surface area contributed by atoms with E-state index in [0.717, 1.165) is 0 Å². The quantitative estimate of drug-likeness (QED) is 0.629. The van der Waals surface area contributed by atoms with E-state index >= 15 is 0 Å². The third-order valence-electron chi connectivity index (χ3n) is 5.96. The van der Waals surface area contributed by atoms with Crippen LogP contribution in [-0.4, -0.2) is 74.2 Å². The van der Waals surface area contributed by atoms with Gasteiger partial charge >= 0.3 is 5.56 Å². The van der Waals surface area contributed by atoms with Crippen molar-refractivity contribution in [2.24, 2.45) is 7.05 Å². The highest BCUT2D eigenvalue weighted by Crippen LogP contribution is 2.45. The van der Waals surface area contributed by atoms with Crippen LogP contribution in [0.5, 0.6) is 11.5 Å². The second-order valence-electron chi connectivity index (χ2n) is 8.16. The molecule has 176 valence electrons. The number of nitriles is 1. The molecule has 0 saturated carbocycles. The zero-order chi connectivity index (χ0) is 23.8. The van der Waals surface area contributed by atoms with Crippen LogP contribution in [-0.2, 0) is 16.5 Å². The summed E-state index contributed by atoms with van der Waals surface area (Å²) in [4.78, 5) is 14.5. The largest absolute Gasteiger partial charge is 0.484 e. The van der Waals surface area contributed by atoms with E-state index in [-0.39, 0.29) is 24.5 Å². The summed E-state index contributed by atoms with van der Waals surface area (Å²) in [5.41, 5.74) is -0.239. The lowest BCUT2D eigenvalue weighted by atomic mass is 9.84. The summed E-state index contributed by atoms with van der Waals surface area (Å²) in [5.74, 6) is 0.883. The van der Waals surface area contributed by atoms with Gasteiger partial charge in [-0.25, -0.2) is 4.68 Å². The van der Waals surface area contributed by atoms with Crippen molar-refractivity contribution in [3.63, 3.8) is 0 Å². The number of hydrogen-bond donors (Lipinski definition) is 2. The number of aliphatic hydroxyl groups excluding tert-OH is 1. The Balaban J connectivity index is 1.88. The third-order valence-corrected chi connectivity index (χ3v) is 5.96. The Kier molecular flexibility index (Phi) is 6.16. The van der Waals surface area contributed by atoms with Crippen LogP contribution in [0.1, 0.15) is 17.2 Å². The first-order valence-electron chi connectivity index (χ1n) is 10.5. The molecule has 2 aliphatic rings. The number of nitrogens with zero attached hydrogens (tertiary/aromatic N) is 4. The average Bonchev–Trinajstić information content (AvgIpc) is 2.80. The molecule has 2 aromatic rings. The maximum atomic E-state index is 12.6. The van der Waals surface area contributed by atoms with Crippen molar-refractivity contribution in [2.75, 3.05) is 57.8 Å². The normalized spacial score (nSPS) is 20.7. The summed E-state index contributed by atoms with van der Waals surface area (Å²) in [6.45, 7) is 0.975. The summed E-state index contributed by atoms with van der Waals surface area (Å²) in [7, 11) is 6.38. The predicted octanol–water partition coefficient (Wildman–Crippen LogP) is 0.419. The molecule has 11 heteroatoms. The number of para-hydroxylation sites is 1. The van der Waals surface area contributed by atoms with Gasteiger partial charge in [0, 0.05) is 33.9 Å². The zero-order valence-electron chi connectivity index (χ0n) is 19.0. The van der Waals surface area contributed by atoms with Crippen LogP contribution >= 0.6 is 0 Å². The molecular weight excluding hydrogens is 430 g/mol. The number of fused-ring (bicyclic) bond motifs is 2. The fourth-order valence-electron chi connectivity index (χ4n) is 4.38. The molecule has 4 rings (SSSR count). The Hall–Kier alpha value is -3.33. The van der Waals surface area contributed by atoms with Gasteiger partial charge < -0.3 is 34.3 Å². The van der Waals surface area contributed by atoms with Gasteiger partial charge in [0.05, 0.1) is 31.4 Å². The molecule has 0 aliphatic carbocycles. The Morgan fingerprint density at radius 2 is 2.03 bits per heavy atom. The molecule has 0 unspecified atom stereocenters. The highest BCUT2D eigenvalue weighted by Gasteiger charge is 2.51. The molecular formula is C22H27N5O6. The van der Waals surface area contributed by atoms with Gasteiger partial charge in [-0.2, -0.15) is 5.26 Å². The van der Waals surface area contributed by atoms with E-state index < -0.39 is 17.7 Å². The van der Waals surface area contributed by atoms with Crippen LogP contribution in [0.15, 0.2) is 23.0 Å². The fourth-order valence-corrected chi connectivity index (χ4v) is 4.38. The van der Waals surface area contributed by atoms with Crippen LogP contribution in [0, 0.1) is 11.3 Å². The van der Waals surface area contributed by atoms with Crippen molar-refractivity contribution in [3.8, 4) is 17.6 Å². The van der Waals surface area contributed by atoms with Gasteiger partial charge in [0.2, 0.25) is 5.75 Å². The van der Waals surface area contributed by atoms with Crippen molar-refractivity contribution in [2.45, 2.75) is 17.7 Å². The second kappa shape index (κ2) is 8.90. The van der Waals surface area contributed by atoms with Crippen LogP contribution in [0.2, 0.25) is 0 Å². The Bertz CT molecular complexity index is 1140. The van der Waals surface area contributed by atoms with E-state index in [9.17, 15) is 15.2 Å². The van der Waals surface area contributed by atoms with E-state index in [1.807, 2.05) is 11.9 Å². The lowest BCUT2D eigenvalue weighted by molar-refractivity contribution is -0.142. The highest BCUT2D eigenvalue weighted by molar-refractivity contribution is 5.74. The van der Waals surface area contributed by atoms with Gasteiger partial charge in [0.1, 0.15) is 30.2 Å². The van der Waals surface area contributed by atoms with Crippen LogP contribution < -0.4 is 25.2 Å². The van der Waals surface area contributed by atoms with Gasteiger partial charge in [-0.15, -0.1) is 5.10 Å². The van der Waals surface area contributed by atoms with Crippen LogP contribution in [0.3, 0.4) is 0 Å². The van der Waals surface area contributed by atoms with Gasteiger partial charge in [0.15, 0.2) is 11.4 Å². The van der Waals surface area contributed by atoms with E-state index in [1.54, 1.807) is 18.2 Å². The average molecular weight is 457 g/mol. The third kappa shape index (κ3) is 3.76. The van der Waals surface area contributed by atoms with Crippen LogP contribution in [0.4, 0.5) is 11.5 Å². The first-order valence-corrected chi connectivity index (χ1v) is 10.5. The maximum absolute atomic E-state index is 12.6. The number of methoxy groups -OCH3 is 2. The zero-order valence-corrected chi connectivity index (χ0v) is 19.0. The van der Waals surface area contributed by atoms with E-state index in [0.29, 0.717) is 41.5 Å². The molecule has 33 heavy (non-hydrogen) atoms. The minimum absolute atomic E-state index is 0.0151. The van der Waals surface area contributed by atoms with E-state index in [1.165, 1.54) is 25.9 Å². The Labute approximate surface area is 191 Å². The summed E-state index contributed by atoms with van der Waals surface area (Å²) in [5, 5.41) is 28.9. The van der Waals surface area contributed by atoms with Crippen LogP contribution in [0.25, 0.3) is 0 Å². The number of aromatic nitrogens is 2. The number of nitrogens with one attached hydrogen (secondary N) is 1. The number of aryl methyl sites for hydroxylation is 1. The van der Waals surface area contributed by atoms with E-state index in [2.05, 4.69) is 16.5 Å². The molecule has 0 amide bonds. The number of benzene rings is 1. The summed E-state index contributed by atoms with van der Waals surface area (Å²) < 4.78 is 23.8. The molecule has 1 aromatic carbocycles. The van der Waals surface area contributed by atoms with Gasteiger partial charge in [-0.1, -0.05) is 12.1 Å². The maximum Gasteiger partial charge on any atom is 0.311 e. The van der Waals surface area contributed by atoms with Crippen molar-refractivity contribution >= 4 is 11.5 Å². The van der Waals surface area contributed by atoms with Gasteiger partial charge in [-0.3, -0.25) is 4.79 Å². The molecule has 3 heterocycles. The predicted molar refractivity (Wildman–Crippen MR) is 119 cm³/mol. The fraction of sp³-hybridized carbons (Fsp3) is 0.500. The van der Waals surface area contributed by atoms with E-state index in [4.69, 9.17) is 18.9 Å². The number of anilines is 2.